The largest absolute Gasteiger partial charge is 0.573 e. The Hall–Kier alpha value is -2.82. The Bertz CT molecular complexity index is 960. The molecule has 0 aliphatic rings. The minimum Gasteiger partial charge on any atom is -0.403 e. The SMILES string of the molecule is CCCCCCCc1ccc(-c2ccc(-c3ccc(OC(F)(F)F)c(F)c3)cc2)cc1. The predicted molar refractivity (Wildman–Crippen MR) is 116 cm³/mol. The Morgan fingerprint density at radius 1 is 0.677 bits per heavy atom. The van der Waals surface area contributed by atoms with E-state index in [4.69, 9.17) is 0 Å². The van der Waals surface area contributed by atoms with E-state index in [1.807, 2.05) is 24.3 Å². The zero-order chi connectivity index (χ0) is 22.3. The second kappa shape index (κ2) is 10.5. The molecule has 0 aromatic heterocycles. The lowest BCUT2D eigenvalue weighted by atomic mass is 9.98. The van der Waals surface area contributed by atoms with Crippen LogP contribution in [0.25, 0.3) is 22.3 Å². The normalized spacial score (nSPS) is 11.5. The molecule has 0 heterocycles. The highest BCUT2D eigenvalue weighted by Gasteiger charge is 2.32. The number of aryl methyl sites for hydroxylation is 1. The third-order valence-corrected chi connectivity index (χ3v) is 5.23. The fraction of sp³-hybridized carbons (Fsp3) is 0.308. The fourth-order valence-electron chi connectivity index (χ4n) is 3.54. The van der Waals surface area contributed by atoms with Crippen molar-refractivity contribution in [1.29, 1.82) is 0 Å². The van der Waals surface area contributed by atoms with Crippen molar-refractivity contribution in [2.24, 2.45) is 0 Å². The molecule has 3 rings (SSSR count). The monoisotopic (exact) mass is 430 g/mol. The lowest BCUT2D eigenvalue weighted by Crippen LogP contribution is -2.17. The summed E-state index contributed by atoms with van der Waals surface area (Å²) in [7, 11) is 0. The van der Waals surface area contributed by atoms with Crippen LogP contribution in [0.3, 0.4) is 0 Å². The summed E-state index contributed by atoms with van der Waals surface area (Å²) in [6.07, 6.45) is 2.48. The fourth-order valence-corrected chi connectivity index (χ4v) is 3.54. The van der Waals surface area contributed by atoms with E-state index in [1.54, 1.807) is 0 Å². The van der Waals surface area contributed by atoms with Crippen LogP contribution in [0.4, 0.5) is 17.6 Å². The van der Waals surface area contributed by atoms with Gasteiger partial charge in [0, 0.05) is 0 Å². The molecule has 3 aromatic carbocycles. The zero-order valence-electron chi connectivity index (χ0n) is 17.5. The number of rotatable bonds is 9. The minimum absolute atomic E-state index is 0.483. The van der Waals surface area contributed by atoms with E-state index in [0.29, 0.717) is 11.1 Å². The first kappa shape index (κ1) is 22.9. The molecule has 5 heteroatoms. The van der Waals surface area contributed by atoms with Gasteiger partial charge in [-0.2, -0.15) is 0 Å². The van der Waals surface area contributed by atoms with Crippen LogP contribution in [0.2, 0.25) is 0 Å². The quantitative estimate of drug-likeness (QED) is 0.244. The number of halogens is 4. The number of unbranched alkanes of at least 4 members (excludes halogenated alkanes) is 4. The molecule has 0 fully saturated rings. The van der Waals surface area contributed by atoms with Gasteiger partial charge in [0.1, 0.15) is 0 Å². The summed E-state index contributed by atoms with van der Waals surface area (Å²) in [4.78, 5) is 0. The average molecular weight is 430 g/mol. The number of alkyl halides is 3. The highest BCUT2D eigenvalue weighted by atomic mass is 19.4. The van der Waals surface area contributed by atoms with Crippen LogP contribution >= 0.6 is 0 Å². The highest BCUT2D eigenvalue weighted by Crippen LogP contribution is 2.31. The first-order valence-electron chi connectivity index (χ1n) is 10.6. The van der Waals surface area contributed by atoms with Gasteiger partial charge in [0.15, 0.2) is 11.6 Å². The molecule has 3 aromatic rings. The second-order valence-electron chi connectivity index (χ2n) is 7.63. The molecule has 1 nitrogen and oxygen atoms in total. The zero-order valence-corrected chi connectivity index (χ0v) is 17.5. The molecule has 0 unspecified atom stereocenters. The molecule has 0 amide bonds. The summed E-state index contributed by atoms with van der Waals surface area (Å²) >= 11 is 0. The van der Waals surface area contributed by atoms with Crippen molar-refractivity contribution < 1.29 is 22.3 Å². The topological polar surface area (TPSA) is 9.23 Å². The number of hydrogen-bond donors (Lipinski definition) is 0. The molecule has 0 radical (unpaired) electrons. The van der Waals surface area contributed by atoms with Crippen molar-refractivity contribution in [3.8, 4) is 28.0 Å². The Morgan fingerprint density at radius 3 is 1.74 bits per heavy atom. The van der Waals surface area contributed by atoms with E-state index in [2.05, 4.69) is 35.9 Å². The molecule has 0 saturated carbocycles. The van der Waals surface area contributed by atoms with Crippen LogP contribution in [0.1, 0.15) is 44.6 Å². The van der Waals surface area contributed by atoms with Gasteiger partial charge < -0.3 is 4.74 Å². The Balaban J connectivity index is 1.64. The molecule has 0 atom stereocenters. The molecule has 0 spiro atoms. The van der Waals surface area contributed by atoms with Gasteiger partial charge in [0.25, 0.3) is 0 Å². The van der Waals surface area contributed by atoms with Gasteiger partial charge in [-0.1, -0.05) is 87.2 Å². The smallest absolute Gasteiger partial charge is 0.403 e. The lowest BCUT2D eigenvalue weighted by molar-refractivity contribution is -0.275. The number of ether oxygens (including phenoxy) is 1. The molecule has 31 heavy (non-hydrogen) atoms. The van der Waals surface area contributed by atoms with Gasteiger partial charge in [0.2, 0.25) is 0 Å². The van der Waals surface area contributed by atoms with Gasteiger partial charge in [-0.25, -0.2) is 4.39 Å². The Labute approximate surface area is 180 Å². The maximum atomic E-state index is 14.0. The maximum absolute atomic E-state index is 14.0. The van der Waals surface area contributed by atoms with Gasteiger partial charge in [-0.3, -0.25) is 0 Å². The predicted octanol–water partition coefficient (Wildman–Crippen LogP) is 8.57. The summed E-state index contributed by atoms with van der Waals surface area (Å²) in [6, 6.07) is 19.5. The Kier molecular flexibility index (Phi) is 7.72. The van der Waals surface area contributed by atoms with E-state index in [-0.39, 0.29) is 0 Å². The van der Waals surface area contributed by atoms with Crippen LogP contribution in [0.5, 0.6) is 5.75 Å². The van der Waals surface area contributed by atoms with Gasteiger partial charge in [-0.15, -0.1) is 13.2 Å². The molecule has 0 aliphatic carbocycles. The Morgan fingerprint density at radius 2 is 1.19 bits per heavy atom. The van der Waals surface area contributed by atoms with Crippen molar-refractivity contribution in [2.75, 3.05) is 0 Å². The summed E-state index contributed by atoms with van der Waals surface area (Å²) in [5.74, 6) is -1.89. The van der Waals surface area contributed by atoms with Crippen LogP contribution < -0.4 is 4.74 Å². The molecular formula is C26H26F4O. The molecule has 164 valence electrons. The van der Waals surface area contributed by atoms with Crippen molar-refractivity contribution >= 4 is 0 Å². The summed E-state index contributed by atoms with van der Waals surface area (Å²) in [6.45, 7) is 2.22. The molecule has 0 saturated heterocycles. The third-order valence-electron chi connectivity index (χ3n) is 5.23. The summed E-state index contributed by atoms with van der Waals surface area (Å²) in [5, 5.41) is 0. The summed E-state index contributed by atoms with van der Waals surface area (Å²) < 4.78 is 54.5. The third kappa shape index (κ3) is 6.84. The standard InChI is InChI=1S/C26H26F4O/c1-2-3-4-5-6-7-19-8-10-20(11-9-19)21-12-14-22(15-13-21)23-16-17-25(24(27)18-23)31-26(28,29)30/h8-18H,2-7H2,1H3. The molecule has 0 aliphatic heterocycles. The molecular weight excluding hydrogens is 404 g/mol. The number of hydrogen-bond acceptors (Lipinski definition) is 1. The van der Waals surface area contributed by atoms with E-state index in [1.165, 1.54) is 43.7 Å². The van der Waals surface area contributed by atoms with Crippen molar-refractivity contribution in [1.82, 2.24) is 0 Å². The van der Waals surface area contributed by atoms with Crippen molar-refractivity contribution in [3.63, 3.8) is 0 Å². The van der Waals surface area contributed by atoms with E-state index in [0.717, 1.165) is 29.7 Å². The van der Waals surface area contributed by atoms with Crippen molar-refractivity contribution in [3.05, 3.63) is 78.1 Å². The molecule has 0 bridgehead atoms. The van der Waals surface area contributed by atoms with Gasteiger partial charge in [-0.05, 0) is 52.8 Å². The van der Waals surface area contributed by atoms with Crippen LogP contribution in [0.15, 0.2) is 66.7 Å². The highest BCUT2D eigenvalue weighted by molar-refractivity contribution is 5.71. The van der Waals surface area contributed by atoms with Crippen molar-refractivity contribution in [2.45, 2.75) is 51.8 Å². The first-order chi connectivity index (χ1) is 14.9. The van der Waals surface area contributed by atoms with E-state index < -0.39 is 17.9 Å². The summed E-state index contributed by atoms with van der Waals surface area (Å²) in [5.41, 5.74) is 4.63. The lowest BCUT2D eigenvalue weighted by Gasteiger charge is -2.11. The van der Waals surface area contributed by atoms with E-state index >= 15 is 0 Å². The maximum Gasteiger partial charge on any atom is 0.573 e. The van der Waals surface area contributed by atoms with Crippen LogP contribution in [-0.2, 0) is 6.42 Å². The number of benzene rings is 3. The minimum atomic E-state index is -4.92. The van der Waals surface area contributed by atoms with Crippen LogP contribution in [-0.4, -0.2) is 6.36 Å². The first-order valence-corrected chi connectivity index (χ1v) is 10.6. The average Bonchev–Trinajstić information content (AvgIpc) is 2.75. The van der Waals surface area contributed by atoms with Crippen LogP contribution in [0, 0.1) is 5.82 Å². The van der Waals surface area contributed by atoms with E-state index in [9.17, 15) is 17.6 Å². The second-order valence-corrected chi connectivity index (χ2v) is 7.63. The van der Waals surface area contributed by atoms with Gasteiger partial charge in [0.05, 0.1) is 0 Å². The molecule has 0 N–H and O–H groups in total. The van der Waals surface area contributed by atoms with Gasteiger partial charge >= 0.3 is 6.36 Å².